The number of benzene rings is 1. The molecule has 1 aliphatic rings. The van der Waals surface area contributed by atoms with Crippen LogP contribution >= 0.6 is 15.9 Å². The molecule has 112 valence electrons. The van der Waals surface area contributed by atoms with Crippen LogP contribution in [0.4, 0.5) is 0 Å². The van der Waals surface area contributed by atoms with Crippen molar-refractivity contribution in [2.75, 3.05) is 26.8 Å². The predicted molar refractivity (Wildman–Crippen MR) is 88.2 cm³/mol. The number of methoxy groups -OCH3 is 1. The molecule has 0 radical (unpaired) electrons. The van der Waals surface area contributed by atoms with E-state index in [1.54, 1.807) is 7.11 Å². The molecule has 2 rings (SSSR count). The molecule has 1 aromatic carbocycles. The van der Waals surface area contributed by atoms with E-state index in [4.69, 9.17) is 4.74 Å². The Morgan fingerprint density at radius 3 is 2.80 bits per heavy atom. The van der Waals surface area contributed by atoms with Crippen LogP contribution in [0.5, 0.6) is 0 Å². The Morgan fingerprint density at radius 1 is 1.30 bits per heavy atom. The Bertz CT molecular complexity index is 390. The van der Waals surface area contributed by atoms with E-state index >= 15 is 0 Å². The topological polar surface area (TPSA) is 21.3 Å². The summed E-state index contributed by atoms with van der Waals surface area (Å²) in [7, 11) is 1.76. The summed E-state index contributed by atoms with van der Waals surface area (Å²) in [5, 5.41) is 3.56. The zero-order chi connectivity index (χ0) is 14.2. The number of nitrogens with one attached hydrogen (secondary N) is 1. The normalized spacial score (nSPS) is 18.1. The summed E-state index contributed by atoms with van der Waals surface area (Å²) in [5.41, 5.74) is 1.47. The van der Waals surface area contributed by atoms with Gasteiger partial charge in [-0.05, 0) is 42.4 Å². The summed E-state index contributed by atoms with van der Waals surface area (Å²) in [6, 6.07) is 8.84. The Hall–Kier alpha value is -0.380. The minimum absolute atomic E-state index is 0.629. The largest absolute Gasteiger partial charge is 0.383 e. The van der Waals surface area contributed by atoms with E-state index in [1.807, 2.05) is 0 Å². The van der Waals surface area contributed by atoms with Crippen LogP contribution in [0.2, 0.25) is 0 Å². The van der Waals surface area contributed by atoms with E-state index in [0.29, 0.717) is 5.92 Å². The molecule has 1 saturated carbocycles. The van der Waals surface area contributed by atoms with E-state index in [1.165, 1.54) is 42.1 Å². The number of halogens is 1. The Balaban J connectivity index is 2.02. The average Bonchev–Trinajstić information content (AvgIpc) is 2.48. The Labute approximate surface area is 131 Å². The van der Waals surface area contributed by atoms with Crippen LogP contribution in [0, 0.1) is 5.92 Å². The minimum Gasteiger partial charge on any atom is -0.383 e. The lowest BCUT2D eigenvalue weighted by Crippen LogP contribution is -2.30. The molecule has 20 heavy (non-hydrogen) atoms. The lowest BCUT2D eigenvalue weighted by atomic mass is 9.77. The number of ether oxygens (including phenoxy) is 1. The molecule has 0 bridgehead atoms. The quantitative estimate of drug-likeness (QED) is 0.745. The summed E-state index contributed by atoms with van der Waals surface area (Å²) < 4.78 is 6.31. The Kier molecular flexibility index (Phi) is 7.05. The first-order valence-corrected chi connectivity index (χ1v) is 8.55. The summed E-state index contributed by atoms with van der Waals surface area (Å²) >= 11 is 3.61. The fourth-order valence-electron chi connectivity index (χ4n) is 3.26. The van der Waals surface area contributed by atoms with E-state index < -0.39 is 0 Å². The molecule has 0 amide bonds. The highest BCUT2D eigenvalue weighted by atomic mass is 79.9. The smallest absolute Gasteiger partial charge is 0.0587 e. The third kappa shape index (κ3) is 4.87. The molecule has 2 nitrogen and oxygen atoms in total. The van der Waals surface area contributed by atoms with Gasteiger partial charge in [0.2, 0.25) is 0 Å². The fraction of sp³-hybridized carbons (Fsp3) is 0.647. The van der Waals surface area contributed by atoms with Crippen LogP contribution in [-0.2, 0) is 4.74 Å². The third-order valence-electron chi connectivity index (χ3n) is 4.34. The summed E-state index contributed by atoms with van der Waals surface area (Å²) in [5.74, 6) is 1.46. The van der Waals surface area contributed by atoms with Gasteiger partial charge < -0.3 is 10.1 Å². The maximum Gasteiger partial charge on any atom is 0.0587 e. The second-order valence-electron chi connectivity index (χ2n) is 5.76. The van der Waals surface area contributed by atoms with Gasteiger partial charge in [-0.25, -0.2) is 0 Å². The molecule has 0 aromatic heterocycles. The molecular formula is C17H26BrNO. The summed E-state index contributed by atoms with van der Waals surface area (Å²) in [4.78, 5) is 0. The van der Waals surface area contributed by atoms with Crippen LogP contribution in [0.1, 0.15) is 43.6 Å². The van der Waals surface area contributed by atoms with Crippen molar-refractivity contribution in [2.45, 2.75) is 38.0 Å². The van der Waals surface area contributed by atoms with Gasteiger partial charge in [0, 0.05) is 24.7 Å². The first-order chi connectivity index (χ1) is 9.81. The number of hydrogen-bond acceptors (Lipinski definition) is 2. The first-order valence-electron chi connectivity index (χ1n) is 7.76. The average molecular weight is 340 g/mol. The van der Waals surface area contributed by atoms with Crippen molar-refractivity contribution < 1.29 is 4.74 Å². The van der Waals surface area contributed by atoms with Crippen molar-refractivity contribution in [1.29, 1.82) is 0 Å². The van der Waals surface area contributed by atoms with Crippen LogP contribution in [0.15, 0.2) is 28.7 Å². The maximum atomic E-state index is 5.12. The number of hydrogen-bond donors (Lipinski definition) is 1. The summed E-state index contributed by atoms with van der Waals surface area (Å²) in [6.45, 7) is 2.79. The van der Waals surface area contributed by atoms with Crippen molar-refractivity contribution in [2.24, 2.45) is 5.92 Å². The lowest BCUT2D eigenvalue weighted by molar-refractivity contribution is 0.196. The van der Waals surface area contributed by atoms with Gasteiger partial charge in [0.1, 0.15) is 0 Å². The van der Waals surface area contributed by atoms with Gasteiger partial charge >= 0.3 is 0 Å². The third-order valence-corrected chi connectivity index (χ3v) is 4.84. The lowest BCUT2D eigenvalue weighted by Gasteiger charge is -2.31. The van der Waals surface area contributed by atoms with Crippen LogP contribution in [-0.4, -0.2) is 26.8 Å². The monoisotopic (exact) mass is 339 g/mol. The Morgan fingerprint density at radius 2 is 2.10 bits per heavy atom. The van der Waals surface area contributed by atoms with Gasteiger partial charge in [0.15, 0.2) is 0 Å². The fourth-order valence-corrected chi connectivity index (χ4v) is 3.68. The number of rotatable bonds is 7. The molecule has 1 atom stereocenters. The standard InChI is InChI=1S/C17H26BrNO/c1-20-11-10-19-13-17(14-6-3-2-4-7-14)15-8-5-9-16(18)12-15/h5,8-9,12,14,17,19H,2-4,6-7,10-11,13H2,1H3. The van der Waals surface area contributed by atoms with Crippen molar-refractivity contribution in [3.8, 4) is 0 Å². The molecule has 0 saturated heterocycles. The molecule has 1 unspecified atom stereocenters. The molecular weight excluding hydrogens is 314 g/mol. The second kappa shape index (κ2) is 8.81. The molecule has 1 aliphatic carbocycles. The first kappa shape index (κ1) is 16.0. The minimum atomic E-state index is 0.629. The van der Waals surface area contributed by atoms with Gasteiger partial charge in [-0.1, -0.05) is 47.3 Å². The highest BCUT2D eigenvalue weighted by Crippen LogP contribution is 2.36. The molecule has 3 heteroatoms. The molecule has 1 aromatic rings. The highest BCUT2D eigenvalue weighted by molar-refractivity contribution is 9.10. The van der Waals surface area contributed by atoms with E-state index in [-0.39, 0.29) is 0 Å². The van der Waals surface area contributed by atoms with Gasteiger partial charge in [-0.2, -0.15) is 0 Å². The zero-order valence-electron chi connectivity index (χ0n) is 12.4. The molecule has 1 fully saturated rings. The van der Waals surface area contributed by atoms with Crippen molar-refractivity contribution in [1.82, 2.24) is 5.32 Å². The van der Waals surface area contributed by atoms with Crippen LogP contribution in [0.25, 0.3) is 0 Å². The van der Waals surface area contributed by atoms with Crippen LogP contribution in [0.3, 0.4) is 0 Å². The van der Waals surface area contributed by atoms with Crippen LogP contribution < -0.4 is 5.32 Å². The highest BCUT2D eigenvalue weighted by Gasteiger charge is 2.24. The van der Waals surface area contributed by atoms with Gasteiger partial charge in [-0.15, -0.1) is 0 Å². The van der Waals surface area contributed by atoms with E-state index in [0.717, 1.165) is 25.6 Å². The van der Waals surface area contributed by atoms with Crippen molar-refractivity contribution in [3.05, 3.63) is 34.3 Å². The molecule has 1 N–H and O–H groups in total. The van der Waals surface area contributed by atoms with Gasteiger partial charge in [-0.3, -0.25) is 0 Å². The molecule has 0 heterocycles. The van der Waals surface area contributed by atoms with E-state index in [9.17, 15) is 0 Å². The maximum absolute atomic E-state index is 5.12. The molecule has 0 spiro atoms. The summed E-state index contributed by atoms with van der Waals surface area (Å²) in [6.07, 6.45) is 6.96. The van der Waals surface area contributed by atoms with Crippen molar-refractivity contribution in [3.63, 3.8) is 0 Å². The van der Waals surface area contributed by atoms with Crippen molar-refractivity contribution >= 4 is 15.9 Å². The molecule has 0 aliphatic heterocycles. The van der Waals surface area contributed by atoms with Gasteiger partial charge in [0.05, 0.1) is 6.61 Å². The zero-order valence-corrected chi connectivity index (χ0v) is 14.0. The van der Waals surface area contributed by atoms with Gasteiger partial charge in [0.25, 0.3) is 0 Å². The second-order valence-corrected chi connectivity index (χ2v) is 6.67. The SMILES string of the molecule is COCCNCC(c1cccc(Br)c1)C1CCCCC1. The predicted octanol–water partition coefficient (Wildman–Crippen LogP) is 4.35. The van der Waals surface area contributed by atoms with E-state index in [2.05, 4.69) is 45.5 Å².